The van der Waals surface area contributed by atoms with Crippen LogP contribution in [-0.4, -0.2) is 13.7 Å². The van der Waals surface area contributed by atoms with Gasteiger partial charge in [-0.15, -0.1) is 0 Å². The lowest BCUT2D eigenvalue weighted by Crippen LogP contribution is -2.41. The van der Waals surface area contributed by atoms with Crippen molar-refractivity contribution in [2.75, 3.05) is 13.7 Å². The van der Waals surface area contributed by atoms with Gasteiger partial charge in [-0.2, -0.15) is 0 Å². The Hall–Kier alpha value is -0.610. The van der Waals surface area contributed by atoms with Gasteiger partial charge >= 0.3 is 0 Å². The maximum absolute atomic E-state index is 13.7. The zero-order valence-electron chi connectivity index (χ0n) is 9.22. The Morgan fingerprint density at radius 3 is 2.62 bits per heavy atom. The Morgan fingerprint density at radius 2 is 2.19 bits per heavy atom. The molecule has 0 spiro atoms. The summed E-state index contributed by atoms with van der Waals surface area (Å²) in [6.45, 7) is 0.541. The Bertz CT molecular complexity index is 399. The largest absolute Gasteiger partial charge is 0.493 e. The maximum atomic E-state index is 13.7. The van der Waals surface area contributed by atoms with Gasteiger partial charge in [0.05, 0.1) is 7.11 Å². The zero-order valence-corrected chi connectivity index (χ0v) is 10.8. The molecule has 1 aliphatic rings. The molecule has 0 saturated heterocycles. The normalized spacial score (nSPS) is 18.0. The molecule has 0 unspecified atom stereocenters. The molecule has 1 aromatic carbocycles. The number of hydrogen-bond acceptors (Lipinski definition) is 2. The molecule has 0 bridgehead atoms. The third-order valence-electron chi connectivity index (χ3n) is 3.49. The van der Waals surface area contributed by atoms with E-state index in [1.165, 1.54) is 13.2 Å². The molecule has 1 fully saturated rings. The van der Waals surface area contributed by atoms with Crippen LogP contribution in [0.15, 0.2) is 16.6 Å². The molecule has 0 heterocycles. The van der Waals surface area contributed by atoms with E-state index in [0.717, 1.165) is 29.3 Å². The van der Waals surface area contributed by atoms with E-state index in [1.54, 1.807) is 0 Å². The van der Waals surface area contributed by atoms with Gasteiger partial charge in [0.15, 0.2) is 11.6 Å². The van der Waals surface area contributed by atoms with Gasteiger partial charge in [-0.05, 0) is 25.0 Å². The van der Waals surface area contributed by atoms with Crippen molar-refractivity contribution in [3.63, 3.8) is 0 Å². The first-order valence-electron chi connectivity index (χ1n) is 5.36. The molecule has 4 heteroatoms. The van der Waals surface area contributed by atoms with Crippen molar-refractivity contribution in [3.05, 3.63) is 28.0 Å². The van der Waals surface area contributed by atoms with E-state index in [9.17, 15) is 4.39 Å². The quantitative estimate of drug-likeness (QED) is 0.928. The summed E-state index contributed by atoms with van der Waals surface area (Å²) in [6, 6.07) is 3.35. The topological polar surface area (TPSA) is 35.2 Å². The van der Waals surface area contributed by atoms with Crippen LogP contribution in [-0.2, 0) is 5.41 Å². The Labute approximate surface area is 103 Å². The predicted molar refractivity (Wildman–Crippen MR) is 65.2 cm³/mol. The van der Waals surface area contributed by atoms with E-state index in [-0.39, 0.29) is 11.2 Å². The first-order valence-corrected chi connectivity index (χ1v) is 6.16. The summed E-state index contributed by atoms with van der Waals surface area (Å²) in [6.07, 6.45) is 3.17. The molecule has 16 heavy (non-hydrogen) atoms. The molecule has 88 valence electrons. The zero-order chi connectivity index (χ0) is 11.8. The molecular formula is C12H15BrFNO. The summed E-state index contributed by atoms with van der Waals surface area (Å²) in [5.41, 5.74) is 6.64. The minimum Gasteiger partial charge on any atom is -0.493 e. The highest BCUT2D eigenvalue weighted by molar-refractivity contribution is 9.10. The smallest absolute Gasteiger partial charge is 0.166 e. The Morgan fingerprint density at radius 1 is 1.50 bits per heavy atom. The third kappa shape index (κ3) is 1.74. The average molecular weight is 288 g/mol. The highest BCUT2D eigenvalue weighted by Crippen LogP contribution is 2.47. The van der Waals surface area contributed by atoms with E-state index in [2.05, 4.69) is 15.9 Å². The maximum Gasteiger partial charge on any atom is 0.166 e. The van der Waals surface area contributed by atoms with Crippen LogP contribution >= 0.6 is 15.9 Å². The summed E-state index contributed by atoms with van der Waals surface area (Å²) in [4.78, 5) is 0. The molecule has 1 saturated carbocycles. The summed E-state index contributed by atoms with van der Waals surface area (Å²) >= 11 is 3.31. The molecule has 2 nitrogen and oxygen atoms in total. The van der Waals surface area contributed by atoms with Crippen LogP contribution in [0.4, 0.5) is 4.39 Å². The summed E-state index contributed by atoms with van der Waals surface area (Å²) in [5, 5.41) is 0. The van der Waals surface area contributed by atoms with Gasteiger partial charge < -0.3 is 10.5 Å². The van der Waals surface area contributed by atoms with Gasteiger partial charge in [0.2, 0.25) is 0 Å². The monoisotopic (exact) mass is 287 g/mol. The fraction of sp³-hybridized carbons (Fsp3) is 0.500. The number of benzene rings is 1. The number of ether oxygens (including phenoxy) is 1. The number of nitrogens with two attached hydrogens (primary N) is 1. The second kappa shape index (κ2) is 4.34. The standard InChI is InChI=1S/C12H15BrFNO/c1-16-11-9(5-8(13)6-10(11)14)12(7-15)3-2-4-12/h5-6H,2-4,7,15H2,1H3. The van der Waals surface area contributed by atoms with E-state index >= 15 is 0 Å². The van der Waals surface area contributed by atoms with Crippen molar-refractivity contribution >= 4 is 15.9 Å². The van der Waals surface area contributed by atoms with Gasteiger partial charge in [-0.25, -0.2) is 4.39 Å². The second-order valence-corrected chi connectivity index (χ2v) is 5.22. The van der Waals surface area contributed by atoms with E-state index in [0.29, 0.717) is 12.3 Å². The Balaban J connectivity index is 2.53. The highest BCUT2D eigenvalue weighted by Gasteiger charge is 2.40. The second-order valence-electron chi connectivity index (χ2n) is 4.31. The van der Waals surface area contributed by atoms with Gasteiger partial charge in [0.25, 0.3) is 0 Å². The molecule has 2 rings (SSSR count). The molecule has 1 aliphatic carbocycles. The minimum atomic E-state index is -0.327. The average Bonchev–Trinajstić information content (AvgIpc) is 2.16. The lowest BCUT2D eigenvalue weighted by atomic mass is 9.64. The van der Waals surface area contributed by atoms with Gasteiger partial charge in [-0.3, -0.25) is 0 Å². The van der Waals surface area contributed by atoms with Crippen LogP contribution in [0.1, 0.15) is 24.8 Å². The third-order valence-corrected chi connectivity index (χ3v) is 3.94. The molecule has 0 amide bonds. The minimum absolute atomic E-state index is 0.0873. The van der Waals surface area contributed by atoms with Crippen LogP contribution in [0.3, 0.4) is 0 Å². The van der Waals surface area contributed by atoms with Crippen LogP contribution in [0.2, 0.25) is 0 Å². The first kappa shape index (κ1) is 11.9. The van der Waals surface area contributed by atoms with Gasteiger partial charge in [0.1, 0.15) is 0 Å². The molecule has 0 aromatic heterocycles. The Kier molecular flexibility index (Phi) is 3.22. The van der Waals surface area contributed by atoms with Crippen molar-refractivity contribution in [3.8, 4) is 5.75 Å². The van der Waals surface area contributed by atoms with Crippen LogP contribution < -0.4 is 10.5 Å². The summed E-state index contributed by atoms with van der Waals surface area (Å²) in [7, 11) is 1.50. The van der Waals surface area contributed by atoms with Crippen LogP contribution in [0, 0.1) is 5.82 Å². The lowest BCUT2D eigenvalue weighted by molar-refractivity contribution is 0.240. The molecular weight excluding hydrogens is 273 g/mol. The number of halogens is 2. The van der Waals surface area contributed by atoms with Crippen LogP contribution in [0.5, 0.6) is 5.75 Å². The molecule has 0 aliphatic heterocycles. The fourth-order valence-corrected chi connectivity index (χ4v) is 2.78. The fourth-order valence-electron chi connectivity index (χ4n) is 2.35. The summed E-state index contributed by atoms with van der Waals surface area (Å²) < 4.78 is 19.6. The highest BCUT2D eigenvalue weighted by atomic mass is 79.9. The first-order chi connectivity index (χ1) is 7.63. The van der Waals surface area contributed by atoms with Crippen molar-refractivity contribution < 1.29 is 9.13 Å². The van der Waals surface area contributed by atoms with Crippen molar-refractivity contribution in [2.45, 2.75) is 24.7 Å². The molecule has 0 radical (unpaired) electrons. The number of hydrogen-bond donors (Lipinski definition) is 1. The van der Waals surface area contributed by atoms with Crippen molar-refractivity contribution in [1.82, 2.24) is 0 Å². The summed E-state index contributed by atoms with van der Waals surface area (Å²) in [5.74, 6) is 0.0138. The van der Waals surface area contributed by atoms with Crippen molar-refractivity contribution in [2.24, 2.45) is 5.73 Å². The van der Waals surface area contributed by atoms with Crippen molar-refractivity contribution in [1.29, 1.82) is 0 Å². The van der Waals surface area contributed by atoms with E-state index in [4.69, 9.17) is 10.5 Å². The molecule has 0 atom stereocenters. The van der Waals surface area contributed by atoms with E-state index < -0.39 is 0 Å². The van der Waals surface area contributed by atoms with Gasteiger partial charge in [-0.1, -0.05) is 22.4 Å². The van der Waals surface area contributed by atoms with E-state index in [1.807, 2.05) is 6.07 Å². The number of methoxy groups -OCH3 is 1. The van der Waals surface area contributed by atoms with Gasteiger partial charge in [0, 0.05) is 22.0 Å². The molecule has 1 aromatic rings. The predicted octanol–water partition coefficient (Wildman–Crippen LogP) is 2.98. The molecule has 2 N–H and O–H groups in total. The number of rotatable bonds is 3. The van der Waals surface area contributed by atoms with Crippen LogP contribution in [0.25, 0.3) is 0 Å². The lowest BCUT2D eigenvalue weighted by Gasteiger charge is -2.42. The SMILES string of the molecule is COc1c(F)cc(Br)cc1C1(CN)CCC1.